The van der Waals surface area contributed by atoms with Crippen molar-refractivity contribution in [3.8, 4) is 5.75 Å². The average Bonchev–Trinajstić information content (AvgIpc) is 3.25. The van der Waals surface area contributed by atoms with Crippen LogP contribution in [0.2, 0.25) is 15.1 Å². The van der Waals surface area contributed by atoms with Gasteiger partial charge in [0, 0.05) is 22.0 Å². The molecule has 12 heteroatoms. The zero-order chi connectivity index (χ0) is 29.7. The van der Waals surface area contributed by atoms with Crippen LogP contribution in [0, 0.1) is 0 Å². The summed E-state index contributed by atoms with van der Waals surface area (Å²) in [5.74, 6) is -3.48. The fourth-order valence-electron chi connectivity index (χ4n) is 4.15. The molecule has 4 rings (SSSR count). The smallest absolute Gasteiger partial charge is 0.326 e. The number of carboxylic acids is 1. The molecule has 1 aliphatic rings. The van der Waals surface area contributed by atoms with Crippen LogP contribution in [0.1, 0.15) is 25.0 Å². The fraction of sp³-hybridized carbons (Fsp3) is 0.276. The van der Waals surface area contributed by atoms with E-state index in [0.29, 0.717) is 37.6 Å². The maximum Gasteiger partial charge on any atom is 0.326 e. The highest BCUT2D eigenvalue weighted by atomic mass is 35.5. The summed E-state index contributed by atoms with van der Waals surface area (Å²) in [5, 5.41) is 16.2. The number of aliphatic carboxylic acids is 1. The van der Waals surface area contributed by atoms with Crippen molar-refractivity contribution in [2.45, 2.75) is 50.9 Å². The van der Waals surface area contributed by atoms with E-state index >= 15 is 0 Å². The average molecular weight is 622 g/mol. The highest BCUT2D eigenvalue weighted by molar-refractivity contribution is 6.36. The van der Waals surface area contributed by atoms with Gasteiger partial charge in [0.1, 0.15) is 18.4 Å². The summed E-state index contributed by atoms with van der Waals surface area (Å²) >= 11 is 18.5. The molecule has 3 atom stereocenters. The normalized spacial score (nSPS) is 18.4. The predicted octanol–water partition coefficient (Wildman–Crippen LogP) is 5.50. The van der Waals surface area contributed by atoms with Crippen LogP contribution in [0.4, 0.5) is 5.69 Å². The first-order valence-corrected chi connectivity index (χ1v) is 13.7. The number of hydrogen-bond donors (Lipinski definition) is 3. The van der Waals surface area contributed by atoms with Gasteiger partial charge in [-0.05, 0) is 55.8 Å². The molecule has 1 heterocycles. The van der Waals surface area contributed by atoms with Crippen molar-refractivity contribution in [3.05, 3.63) is 92.9 Å². The molecule has 0 radical (unpaired) electrons. The van der Waals surface area contributed by atoms with E-state index in [2.05, 4.69) is 10.6 Å². The molecule has 1 fully saturated rings. The Hall–Kier alpha value is -3.34. The topological polar surface area (TPSA) is 123 Å². The van der Waals surface area contributed by atoms with Gasteiger partial charge in [0.2, 0.25) is 0 Å². The number of carbonyl (C=O) groups is 3. The van der Waals surface area contributed by atoms with Crippen molar-refractivity contribution in [3.63, 3.8) is 0 Å². The SMILES string of the molecule is CC1(C)OC(C(=O)Nc2ccccc2Cl)C(C(=O)NC(Cc2ccc(OCc3c(Cl)cccc3Cl)cc2)C(=O)O)O1. The number of benzene rings is 3. The Morgan fingerprint density at radius 1 is 0.878 bits per heavy atom. The van der Waals surface area contributed by atoms with Crippen LogP contribution in [-0.2, 0) is 36.9 Å². The molecule has 0 bridgehead atoms. The fourth-order valence-corrected chi connectivity index (χ4v) is 4.84. The van der Waals surface area contributed by atoms with E-state index in [0.717, 1.165) is 0 Å². The van der Waals surface area contributed by atoms with Gasteiger partial charge in [-0.3, -0.25) is 9.59 Å². The third-order valence-electron chi connectivity index (χ3n) is 6.17. The molecule has 0 aliphatic carbocycles. The van der Waals surface area contributed by atoms with Crippen molar-refractivity contribution in [2.75, 3.05) is 5.32 Å². The summed E-state index contributed by atoms with van der Waals surface area (Å²) in [6, 6.07) is 17.2. The Kier molecular flexibility index (Phi) is 9.78. The third kappa shape index (κ3) is 7.90. The summed E-state index contributed by atoms with van der Waals surface area (Å²) in [5.41, 5.74) is 1.60. The van der Waals surface area contributed by atoms with Gasteiger partial charge in [-0.15, -0.1) is 0 Å². The lowest BCUT2D eigenvalue weighted by atomic mass is 10.0. The van der Waals surface area contributed by atoms with Crippen LogP contribution in [-0.4, -0.2) is 46.9 Å². The first-order valence-electron chi connectivity index (χ1n) is 12.5. The zero-order valence-corrected chi connectivity index (χ0v) is 24.3. The molecular formula is C29H27Cl3N2O7. The number of ether oxygens (including phenoxy) is 3. The largest absolute Gasteiger partial charge is 0.489 e. The highest BCUT2D eigenvalue weighted by Gasteiger charge is 2.49. The van der Waals surface area contributed by atoms with Gasteiger partial charge >= 0.3 is 5.97 Å². The standard InChI is InChI=1S/C29H27Cl3N2O7/c1-29(2)40-24(26(35)33-22-9-4-3-6-21(22)32)25(41-29)27(36)34-23(28(37)38)14-16-10-12-17(13-11-16)39-15-18-19(30)7-5-8-20(18)31/h3-13,23-25H,14-15H2,1-2H3,(H,33,35)(H,34,36)(H,37,38). The number of rotatable bonds is 10. The number of nitrogens with one attached hydrogen (secondary N) is 2. The number of para-hydroxylation sites is 1. The van der Waals surface area contributed by atoms with Crippen molar-refractivity contribution < 1.29 is 33.7 Å². The minimum absolute atomic E-state index is 0.0366. The Morgan fingerprint density at radius 3 is 2.07 bits per heavy atom. The zero-order valence-electron chi connectivity index (χ0n) is 22.0. The van der Waals surface area contributed by atoms with Gasteiger partial charge in [-0.2, -0.15) is 0 Å². The second-order valence-corrected chi connectivity index (χ2v) is 10.9. The number of anilines is 1. The van der Waals surface area contributed by atoms with Gasteiger partial charge in [-0.1, -0.05) is 65.1 Å². The van der Waals surface area contributed by atoms with Crippen molar-refractivity contribution in [2.24, 2.45) is 0 Å². The van der Waals surface area contributed by atoms with Crippen LogP contribution in [0.15, 0.2) is 66.7 Å². The van der Waals surface area contributed by atoms with Gasteiger partial charge in [0.15, 0.2) is 18.0 Å². The lowest BCUT2D eigenvalue weighted by molar-refractivity contribution is -0.159. The Labute approximate surface area is 251 Å². The molecule has 216 valence electrons. The quantitative estimate of drug-likeness (QED) is 0.273. The molecular weight excluding hydrogens is 595 g/mol. The molecule has 1 saturated heterocycles. The number of halogens is 3. The van der Waals surface area contributed by atoms with Gasteiger partial charge < -0.3 is 30.0 Å². The predicted molar refractivity (Wildman–Crippen MR) is 154 cm³/mol. The minimum Gasteiger partial charge on any atom is -0.489 e. The number of hydrogen-bond acceptors (Lipinski definition) is 6. The molecule has 9 nitrogen and oxygen atoms in total. The second kappa shape index (κ2) is 13.1. The molecule has 0 saturated carbocycles. The van der Waals surface area contributed by atoms with Crippen molar-refractivity contribution in [1.29, 1.82) is 0 Å². The minimum atomic E-state index is -1.40. The summed E-state index contributed by atoms with van der Waals surface area (Å²) in [6.07, 6.45) is -2.79. The van der Waals surface area contributed by atoms with E-state index in [1.165, 1.54) is 0 Å². The molecule has 0 spiro atoms. The molecule has 3 aromatic rings. The van der Waals surface area contributed by atoms with Crippen LogP contribution >= 0.6 is 34.8 Å². The Morgan fingerprint density at radius 2 is 1.46 bits per heavy atom. The van der Waals surface area contributed by atoms with Crippen molar-refractivity contribution >= 4 is 58.3 Å². The maximum atomic E-state index is 13.2. The maximum absolute atomic E-state index is 13.2. The first kappa shape index (κ1) is 30.6. The molecule has 3 aromatic carbocycles. The molecule has 1 aliphatic heterocycles. The van der Waals surface area contributed by atoms with E-state index in [1.807, 2.05) is 0 Å². The number of carboxylic acid groups (broad SMARTS) is 1. The summed E-state index contributed by atoms with van der Waals surface area (Å²) < 4.78 is 17.1. The first-order chi connectivity index (χ1) is 19.4. The highest BCUT2D eigenvalue weighted by Crippen LogP contribution is 2.31. The van der Waals surface area contributed by atoms with E-state index in [1.54, 1.807) is 80.6 Å². The molecule has 41 heavy (non-hydrogen) atoms. The number of amides is 2. The van der Waals surface area contributed by atoms with Crippen LogP contribution in [0.25, 0.3) is 0 Å². The summed E-state index contributed by atoms with van der Waals surface area (Å²) in [4.78, 5) is 38.2. The lowest BCUT2D eigenvalue weighted by Crippen LogP contribution is -2.51. The monoisotopic (exact) mass is 620 g/mol. The van der Waals surface area contributed by atoms with Crippen LogP contribution in [0.5, 0.6) is 5.75 Å². The van der Waals surface area contributed by atoms with E-state index in [9.17, 15) is 19.5 Å². The van der Waals surface area contributed by atoms with Gasteiger partial charge in [-0.25, -0.2) is 4.79 Å². The van der Waals surface area contributed by atoms with E-state index in [-0.39, 0.29) is 13.0 Å². The number of carbonyl (C=O) groups excluding carboxylic acids is 2. The van der Waals surface area contributed by atoms with Crippen LogP contribution in [0.3, 0.4) is 0 Å². The Balaban J connectivity index is 1.40. The van der Waals surface area contributed by atoms with E-state index < -0.39 is 41.8 Å². The van der Waals surface area contributed by atoms with Gasteiger partial charge in [0.25, 0.3) is 11.8 Å². The summed E-state index contributed by atoms with van der Waals surface area (Å²) in [7, 11) is 0. The van der Waals surface area contributed by atoms with E-state index in [4.69, 9.17) is 49.0 Å². The van der Waals surface area contributed by atoms with Crippen molar-refractivity contribution in [1.82, 2.24) is 5.32 Å². The molecule has 3 unspecified atom stereocenters. The lowest BCUT2D eigenvalue weighted by Gasteiger charge is -2.20. The third-order valence-corrected chi connectivity index (χ3v) is 7.21. The van der Waals surface area contributed by atoms with Crippen LogP contribution < -0.4 is 15.4 Å². The Bertz CT molecular complexity index is 1410. The summed E-state index contributed by atoms with van der Waals surface area (Å²) in [6.45, 7) is 3.25. The van der Waals surface area contributed by atoms with Gasteiger partial charge in [0.05, 0.1) is 10.7 Å². The molecule has 3 N–H and O–H groups in total. The molecule has 0 aromatic heterocycles. The molecule has 2 amide bonds. The second-order valence-electron chi connectivity index (χ2n) is 9.68.